The smallest absolute Gasteiger partial charge is 0.275 e. The number of benzene rings is 1. The van der Waals surface area contributed by atoms with Crippen molar-refractivity contribution in [3.8, 4) is 0 Å². The van der Waals surface area contributed by atoms with Crippen molar-refractivity contribution in [2.45, 2.75) is 26.2 Å². The molecule has 0 radical (unpaired) electrons. The molecule has 0 bridgehead atoms. The summed E-state index contributed by atoms with van der Waals surface area (Å²) in [5, 5.41) is 1.23. The molecule has 0 aliphatic rings. The summed E-state index contributed by atoms with van der Waals surface area (Å²) in [6.45, 7) is 3.66. The molecule has 0 aliphatic carbocycles. The summed E-state index contributed by atoms with van der Waals surface area (Å²) in [7, 11) is 3.07. The predicted molar refractivity (Wildman–Crippen MR) is 78.8 cm³/mol. The molecule has 24 heavy (non-hydrogen) atoms. The highest BCUT2D eigenvalue weighted by Gasteiger charge is 2.36. The van der Waals surface area contributed by atoms with Crippen molar-refractivity contribution in [2.75, 3.05) is 14.2 Å². The zero-order chi connectivity index (χ0) is 19.3. The van der Waals surface area contributed by atoms with E-state index < -0.39 is 23.5 Å². The molecular formula is C14H16BrF6NO2. The van der Waals surface area contributed by atoms with E-state index in [0.29, 0.717) is 12.1 Å². The van der Waals surface area contributed by atoms with Crippen LogP contribution in [0.15, 0.2) is 22.7 Å². The van der Waals surface area contributed by atoms with Crippen molar-refractivity contribution in [1.29, 1.82) is 0 Å². The Bertz CT molecular complexity index is 525. The number of hydroxylamine groups is 2. The fourth-order valence-electron chi connectivity index (χ4n) is 1.37. The van der Waals surface area contributed by atoms with Crippen molar-refractivity contribution in [3.05, 3.63) is 33.8 Å². The molecule has 0 atom stereocenters. The van der Waals surface area contributed by atoms with Gasteiger partial charge in [0.1, 0.15) is 0 Å². The third-order valence-corrected chi connectivity index (χ3v) is 3.09. The Balaban J connectivity index is 0.000000506. The number of amides is 1. The first kappa shape index (κ1) is 22.7. The summed E-state index contributed by atoms with van der Waals surface area (Å²) in [6.07, 6.45) is -9.58. The molecule has 0 unspecified atom stereocenters. The van der Waals surface area contributed by atoms with E-state index in [0.717, 1.165) is 0 Å². The Morgan fingerprint density at radius 1 is 1.04 bits per heavy atom. The van der Waals surface area contributed by atoms with E-state index >= 15 is 0 Å². The van der Waals surface area contributed by atoms with Crippen LogP contribution in [0.25, 0.3) is 0 Å². The van der Waals surface area contributed by atoms with Crippen LogP contribution in [0.4, 0.5) is 26.3 Å². The predicted octanol–water partition coefficient (Wildman–Crippen LogP) is 5.15. The van der Waals surface area contributed by atoms with Crippen LogP contribution in [0, 0.1) is 5.92 Å². The van der Waals surface area contributed by atoms with Crippen LogP contribution in [0.2, 0.25) is 0 Å². The van der Waals surface area contributed by atoms with Crippen LogP contribution in [0.5, 0.6) is 0 Å². The van der Waals surface area contributed by atoms with Crippen LogP contribution in [-0.4, -0.2) is 25.1 Å². The van der Waals surface area contributed by atoms with E-state index in [-0.39, 0.29) is 22.4 Å². The van der Waals surface area contributed by atoms with Gasteiger partial charge in [0.05, 0.1) is 18.2 Å². The SMILES string of the molecule is CON(C)C(=O)C(C)C.FC(F)(F)c1cc(Br)cc(C(F)(F)F)c1. The first-order valence-corrected chi connectivity index (χ1v) is 7.26. The number of alkyl halides is 6. The lowest BCUT2D eigenvalue weighted by atomic mass is 10.1. The second-order valence-corrected chi connectivity index (χ2v) is 5.81. The van der Waals surface area contributed by atoms with E-state index in [4.69, 9.17) is 0 Å². The van der Waals surface area contributed by atoms with Crippen LogP contribution in [0.3, 0.4) is 0 Å². The maximum atomic E-state index is 12.1. The molecule has 0 aromatic heterocycles. The second-order valence-electron chi connectivity index (χ2n) is 4.90. The van der Waals surface area contributed by atoms with Crippen molar-refractivity contribution in [3.63, 3.8) is 0 Å². The van der Waals surface area contributed by atoms with E-state index in [2.05, 4.69) is 20.8 Å². The summed E-state index contributed by atoms with van der Waals surface area (Å²) in [5.41, 5.74) is -2.66. The Hall–Kier alpha value is -1.29. The quantitative estimate of drug-likeness (QED) is 0.486. The number of nitrogens with zero attached hydrogens (tertiary/aromatic N) is 1. The number of halogens is 7. The lowest BCUT2D eigenvalue weighted by Crippen LogP contribution is -2.29. The normalized spacial score (nSPS) is 11.8. The van der Waals surface area contributed by atoms with Crippen molar-refractivity contribution in [2.24, 2.45) is 5.92 Å². The van der Waals surface area contributed by atoms with E-state index in [1.165, 1.54) is 12.2 Å². The van der Waals surface area contributed by atoms with Gasteiger partial charge in [-0.15, -0.1) is 0 Å². The Morgan fingerprint density at radius 3 is 1.62 bits per heavy atom. The second kappa shape index (κ2) is 8.70. The van der Waals surface area contributed by atoms with Gasteiger partial charge in [-0.25, -0.2) is 5.06 Å². The molecule has 1 rings (SSSR count). The lowest BCUT2D eigenvalue weighted by molar-refractivity contribution is -0.172. The highest BCUT2D eigenvalue weighted by molar-refractivity contribution is 9.10. The van der Waals surface area contributed by atoms with Crippen molar-refractivity contribution in [1.82, 2.24) is 5.06 Å². The third kappa shape index (κ3) is 7.52. The molecule has 1 aromatic carbocycles. The van der Waals surface area contributed by atoms with Gasteiger partial charge in [-0.3, -0.25) is 9.63 Å². The van der Waals surface area contributed by atoms with Crippen LogP contribution >= 0.6 is 15.9 Å². The molecule has 138 valence electrons. The average Bonchev–Trinajstić information content (AvgIpc) is 2.43. The Kier molecular flexibility index (Phi) is 8.24. The highest BCUT2D eigenvalue weighted by Crippen LogP contribution is 2.37. The number of hydrogen-bond donors (Lipinski definition) is 0. The van der Waals surface area contributed by atoms with E-state index in [9.17, 15) is 31.1 Å². The van der Waals surface area contributed by atoms with Gasteiger partial charge in [0.2, 0.25) is 5.91 Å². The molecule has 10 heteroatoms. The summed E-state index contributed by atoms with van der Waals surface area (Å²) in [4.78, 5) is 15.5. The fraction of sp³-hybridized carbons (Fsp3) is 0.500. The topological polar surface area (TPSA) is 29.5 Å². The largest absolute Gasteiger partial charge is 0.416 e. The van der Waals surface area contributed by atoms with Crippen LogP contribution in [-0.2, 0) is 22.0 Å². The Morgan fingerprint density at radius 2 is 1.42 bits per heavy atom. The summed E-state index contributed by atoms with van der Waals surface area (Å²) < 4.78 is 72.6. The minimum atomic E-state index is -4.79. The van der Waals surface area contributed by atoms with E-state index in [1.54, 1.807) is 7.05 Å². The monoisotopic (exact) mass is 423 g/mol. The molecule has 1 aromatic rings. The van der Waals surface area contributed by atoms with Crippen molar-refractivity contribution >= 4 is 21.8 Å². The zero-order valence-electron chi connectivity index (χ0n) is 13.2. The lowest BCUT2D eigenvalue weighted by Gasteiger charge is -2.15. The fourth-order valence-corrected chi connectivity index (χ4v) is 1.86. The third-order valence-electron chi connectivity index (χ3n) is 2.63. The van der Waals surface area contributed by atoms with Gasteiger partial charge >= 0.3 is 12.4 Å². The molecule has 0 N–H and O–H groups in total. The van der Waals surface area contributed by atoms with Gasteiger partial charge in [0.25, 0.3) is 0 Å². The molecule has 0 heterocycles. The number of hydrogen-bond acceptors (Lipinski definition) is 2. The minimum Gasteiger partial charge on any atom is -0.275 e. The molecule has 0 fully saturated rings. The van der Waals surface area contributed by atoms with E-state index in [1.807, 2.05) is 13.8 Å². The first-order valence-electron chi connectivity index (χ1n) is 6.46. The maximum Gasteiger partial charge on any atom is 0.416 e. The van der Waals surface area contributed by atoms with Crippen LogP contribution < -0.4 is 0 Å². The average molecular weight is 424 g/mol. The van der Waals surface area contributed by atoms with Gasteiger partial charge in [-0.2, -0.15) is 26.3 Å². The summed E-state index contributed by atoms with van der Waals surface area (Å²) >= 11 is 2.60. The first-order chi connectivity index (χ1) is 10.7. The van der Waals surface area contributed by atoms with Gasteiger partial charge < -0.3 is 0 Å². The molecule has 0 spiro atoms. The minimum absolute atomic E-state index is 0.00231. The molecule has 1 amide bonds. The number of rotatable bonds is 2. The zero-order valence-corrected chi connectivity index (χ0v) is 14.8. The molecule has 3 nitrogen and oxygen atoms in total. The highest BCUT2D eigenvalue weighted by atomic mass is 79.9. The number of carbonyl (C=O) groups is 1. The van der Waals surface area contributed by atoms with Gasteiger partial charge in [-0.05, 0) is 18.2 Å². The van der Waals surface area contributed by atoms with Gasteiger partial charge in [0.15, 0.2) is 0 Å². The molecule has 0 saturated heterocycles. The summed E-state index contributed by atoms with van der Waals surface area (Å²) in [5.74, 6) is 0.00690. The molecular weight excluding hydrogens is 408 g/mol. The standard InChI is InChI=1S/C8H3BrF6.C6H13NO2/c9-6-2-4(7(10,11)12)1-5(3-6)8(13,14)15;1-5(2)6(8)7(3)9-4/h1-3H;5H,1-4H3. The Labute approximate surface area is 143 Å². The summed E-state index contributed by atoms with van der Waals surface area (Å²) in [6, 6.07) is 1.26. The van der Waals surface area contributed by atoms with Crippen LogP contribution in [0.1, 0.15) is 25.0 Å². The van der Waals surface area contributed by atoms with Gasteiger partial charge in [0, 0.05) is 17.4 Å². The number of carbonyl (C=O) groups excluding carboxylic acids is 1. The molecule has 0 saturated carbocycles. The van der Waals surface area contributed by atoms with Gasteiger partial charge in [-0.1, -0.05) is 29.8 Å². The molecule has 0 aliphatic heterocycles. The van der Waals surface area contributed by atoms with Crippen molar-refractivity contribution < 1.29 is 36.0 Å². The maximum absolute atomic E-state index is 12.1.